The van der Waals surface area contributed by atoms with Crippen LogP contribution in [0.4, 0.5) is 11.4 Å². The molecular weight excluding hydrogens is 929 g/mol. The Labute approximate surface area is 378 Å². The summed E-state index contributed by atoms with van der Waals surface area (Å²) in [6.45, 7) is 6.79. The van der Waals surface area contributed by atoms with Crippen LogP contribution in [0.15, 0.2) is 106 Å². The van der Waals surface area contributed by atoms with Gasteiger partial charge in [-0.05, 0) is 80.7 Å². The molecule has 2 aromatic carbocycles. The van der Waals surface area contributed by atoms with Gasteiger partial charge in [-0.15, -0.1) is 0 Å². The minimum Gasteiger partial charge on any atom is -0.354 e. The predicted octanol–water partition coefficient (Wildman–Crippen LogP) is 3.65. The number of unbranched alkanes of at least 4 members (excludes halogenated alkanes) is 1. The molecule has 0 fully saturated rings. The monoisotopic (exact) mass is 979 g/mol. The van der Waals surface area contributed by atoms with Crippen LogP contribution in [0, 0.1) is 0 Å². The maximum atomic E-state index is 12.6. The molecule has 0 unspecified atom stereocenters. The lowest BCUT2D eigenvalue weighted by Gasteiger charge is -2.26. The second-order valence-electron chi connectivity index (χ2n) is 16.5. The fourth-order valence-corrected chi connectivity index (χ4v) is 9.77. The van der Waals surface area contributed by atoms with Gasteiger partial charge in [0.05, 0.1) is 21.0 Å². The van der Waals surface area contributed by atoms with Crippen molar-refractivity contribution < 1.29 is 70.8 Å². The Morgan fingerprint density at radius 1 is 0.723 bits per heavy atom. The van der Waals surface area contributed by atoms with E-state index in [0.717, 1.165) is 17.1 Å². The van der Waals surface area contributed by atoms with Crippen molar-refractivity contribution >= 4 is 75.3 Å². The fourth-order valence-electron chi connectivity index (χ4n) is 7.93. The molecule has 23 heteroatoms. The molecule has 0 atom stereocenters. The van der Waals surface area contributed by atoms with Crippen LogP contribution in [0.3, 0.4) is 0 Å². The molecule has 0 radical (unpaired) electrons. The van der Waals surface area contributed by atoms with E-state index in [-0.39, 0.29) is 48.3 Å². The first-order chi connectivity index (χ1) is 30.0. The highest BCUT2D eigenvalue weighted by Crippen LogP contribution is 2.48. The van der Waals surface area contributed by atoms with Crippen LogP contribution in [0.25, 0.3) is 0 Å². The van der Waals surface area contributed by atoms with Crippen molar-refractivity contribution in [2.75, 3.05) is 42.6 Å². The molecular formula is C42H51N4O15S4+. The number of allylic oxidation sites excluding steroid dienone is 8. The van der Waals surface area contributed by atoms with Crippen molar-refractivity contribution in [3.8, 4) is 0 Å². The summed E-state index contributed by atoms with van der Waals surface area (Å²) >= 11 is 0. The van der Waals surface area contributed by atoms with Crippen molar-refractivity contribution in [2.24, 2.45) is 0 Å². The number of rotatable bonds is 20. The van der Waals surface area contributed by atoms with E-state index in [1.165, 1.54) is 36.4 Å². The maximum absolute atomic E-state index is 12.6. The summed E-state index contributed by atoms with van der Waals surface area (Å²) in [5.41, 5.74) is 1.72. The lowest BCUT2D eigenvalue weighted by atomic mass is 9.81. The van der Waals surface area contributed by atoms with Crippen LogP contribution >= 0.6 is 0 Å². The summed E-state index contributed by atoms with van der Waals surface area (Å²) in [5.74, 6) is -2.53. The number of carbonyl (C=O) groups excluding carboxylic acids is 3. The smallest absolute Gasteiger partial charge is 0.294 e. The molecule has 352 valence electrons. The second kappa shape index (κ2) is 19.4. The minimum absolute atomic E-state index is 0.0165. The van der Waals surface area contributed by atoms with Crippen molar-refractivity contribution in [2.45, 2.75) is 74.0 Å². The Morgan fingerprint density at radius 2 is 1.31 bits per heavy atom. The molecule has 5 N–H and O–H groups in total. The molecule has 3 aliphatic heterocycles. The van der Waals surface area contributed by atoms with Crippen molar-refractivity contribution in [3.05, 3.63) is 107 Å². The van der Waals surface area contributed by atoms with E-state index in [1.54, 1.807) is 73.6 Å². The molecule has 0 spiro atoms. The Balaban J connectivity index is 1.47. The molecule has 19 nitrogen and oxygen atoms in total. The normalized spacial score (nSPS) is 18.2. The van der Waals surface area contributed by atoms with Gasteiger partial charge in [0.15, 0.2) is 12.3 Å². The Bertz CT molecular complexity index is 2910. The van der Waals surface area contributed by atoms with E-state index in [4.69, 9.17) is 0 Å². The number of anilines is 1. The molecule has 5 rings (SSSR count). The Kier molecular flexibility index (Phi) is 15.2. The van der Waals surface area contributed by atoms with E-state index in [0.29, 0.717) is 58.7 Å². The molecule has 0 aliphatic carbocycles. The highest BCUT2D eigenvalue weighted by Gasteiger charge is 2.45. The number of carbonyl (C=O) groups is 3. The van der Waals surface area contributed by atoms with Gasteiger partial charge in [-0.25, -0.2) is 0 Å². The van der Waals surface area contributed by atoms with Crippen LogP contribution in [-0.4, -0.2) is 122 Å². The third-order valence-corrected chi connectivity index (χ3v) is 14.4. The van der Waals surface area contributed by atoms with Gasteiger partial charge in [0, 0.05) is 72.7 Å². The topological polar surface area (TPSA) is 290 Å². The first kappa shape index (κ1) is 50.9. The summed E-state index contributed by atoms with van der Waals surface area (Å²) in [4.78, 5) is 38.2. The van der Waals surface area contributed by atoms with E-state index >= 15 is 0 Å². The highest BCUT2D eigenvalue weighted by molar-refractivity contribution is 7.86. The van der Waals surface area contributed by atoms with Gasteiger partial charge in [0.1, 0.15) is 5.75 Å². The minimum atomic E-state index is -4.59. The average molecular weight is 980 g/mol. The fraction of sp³-hybridized carbons (Fsp3) is 0.381. The van der Waals surface area contributed by atoms with E-state index in [1.807, 2.05) is 0 Å². The van der Waals surface area contributed by atoms with Gasteiger partial charge in [0.25, 0.3) is 52.3 Å². The summed E-state index contributed by atoms with van der Waals surface area (Å²) in [6.07, 6.45) is 14.0. The Hall–Kier alpha value is -5.14. The van der Waals surface area contributed by atoms with Crippen molar-refractivity contribution in [3.63, 3.8) is 0 Å². The predicted molar refractivity (Wildman–Crippen MR) is 240 cm³/mol. The van der Waals surface area contributed by atoms with Crippen LogP contribution in [-0.2, 0) is 65.7 Å². The number of hydrogen-bond donors (Lipinski definition) is 5. The molecule has 65 heavy (non-hydrogen) atoms. The standard InChI is InChI=1S/C42H50N4O15S4/c1-41(2)32-27-30(64(56,57)58)15-17-34(32)44(23-25-62(50,51)52)36(41)12-7-10-29(9-5-6-14-38(47)43-21-22-46-39(48)19-20-40(46)49)11-8-13-37-42(3,4)33-28-31(65(59,60)61)16-18-35(33)45(37)24-26-63(53,54)55/h7-8,10-13,15-20,27-28H,5-6,9,14,21-26H2,1-4H3,(H4-,43,47,50,51,52,53,54,55,56,57,58,59,60,61)/p+1. The number of benzene rings is 2. The number of fused-ring (bicyclic) bond motifs is 2. The van der Waals surface area contributed by atoms with Crippen LogP contribution in [0.5, 0.6) is 0 Å². The number of amides is 3. The molecule has 3 amide bonds. The quantitative estimate of drug-likeness (QED) is 0.0416. The van der Waals surface area contributed by atoms with Gasteiger partial charge in [0.2, 0.25) is 11.6 Å². The first-order valence-corrected chi connectivity index (χ1v) is 26.2. The zero-order chi connectivity index (χ0) is 48.3. The molecule has 3 heterocycles. The molecule has 3 aliphatic rings. The molecule has 0 aromatic heterocycles. The van der Waals surface area contributed by atoms with Gasteiger partial charge in [-0.2, -0.15) is 38.2 Å². The van der Waals surface area contributed by atoms with Gasteiger partial charge in [-0.1, -0.05) is 38.2 Å². The van der Waals surface area contributed by atoms with Crippen LogP contribution < -0.4 is 10.2 Å². The lowest BCUT2D eigenvalue weighted by Crippen LogP contribution is -2.38. The van der Waals surface area contributed by atoms with E-state index in [2.05, 4.69) is 5.32 Å². The average Bonchev–Trinajstić information content (AvgIpc) is 3.70. The zero-order valence-corrected chi connectivity index (χ0v) is 39.2. The maximum Gasteiger partial charge on any atom is 0.294 e. The Morgan fingerprint density at radius 3 is 1.91 bits per heavy atom. The molecule has 0 saturated heterocycles. The van der Waals surface area contributed by atoms with E-state index in [9.17, 15) is 66.3 Å². The summed E-state index contributed by atoms with van der Waals surface area (Å²) in [6, 6.07) is 7.84. The van der Waals surface area contributed by atoms with Gasteiger partial charge >= 0.3 is 0 Å². The third-order valence-electron chi connectivity index (χ3n) is 11.3. The van der Waals surface area contributed by atoms with Gasteiger partial charge < -0.3 is 10.2 Å². The van der Waals surface area contributed by atoms with Crippen LogP contribution in [0.2, 0.25) is 0 Å². The van der Waals surface area contributed by atoms with E-state index < -0.39 is 74.6 Å². The number of hydrogen-bond acceptors (Lipinski definition) is 12. The SMILES string of the molecule is CC1(C)C(/C=C/C=C(/C=C/C=C2/N(CCS(=O)(=O)O)c3ccc(S(=O)(=O)O)cc3C2(C)C)CCCCC(=O)NCCN2C(=O)C=CC2=O)=[N+](CCS(=O)(=O)O)c2ccc(S(=O)(=O)O)cc21. The van der Waals surface area contributed by atoms with Crippen molar-refractivity contribution in [1.82, 2.24) is 10.2 Å². The molecule has 0 saturated carbocycles. The highest BCUT2D eigenvalue weighted by atomic mass is 32.2. The van der Waals surface area contributed by atoms with Crippen molar-refractivity contribution in [1.29, 1.82) is 0 Å². The second-order valence-corrected chi connectivity index (χ2v) is 22.5. The molecule has 2 aromatic rings. The summed E-state index contributed by atoms with van der Waals surface area (Å²) in [5, 5.41) is 2.70. The molecule has 0 bridgehead atoms. The summed E-state index contributed by atoms with van der Waals surface area (Å²) in [7, 11) is -18.0. The third kappa shape index (κ3) is 12.6. The largest absolute Gasteiger partial charge is 0.354 e. The van der Waals surface area contributed by atoms with Gasteiger partial charge in [-0.3, -0.25) is 37.5 Å². The lowest BCUT2D eigenvalue weighted by molar-refractivity contribution is -0.432. The first-order valence-electron chi connectivity index (χ1n) is 20.1. The number of imide groups is 1. The zero-order valence-electron chi connectivity index (χ0n) is 35.9. The summed E-state index contributed by atoms with van der Waals surface area (Å²) < 4.78 is 136. The van der Waals surface area contributed by atoms with Crippen LogP contribution in [0.1, 0.15) is 64.5 Å². The number of nitrogens with zero attached hydrogens (tertiary/aromatic N) is 3. The number of nitrogens with one attached hydrogen (secondary N) is 1.